The maximum atomic E-state index is 14.0. The van der Waals surface area contributed by atoms with Crippen LogP contribution in [0.5, 0.6) is 28.7 Å². The lowest BCUT2D eigenvalue weighted by Crippen LogP contribution is -2.48. The predicted molar refractivity (Wildman–Crippen MR) is 128 cm³/mol. The highest BCUT2D eigenvalue weighted by molar-refractivity contribution is 6.22. The Bertz CT molecular complexity index is 1340. The maximum absolute atomic E-state index is 14.0. The third-order valence-corrected chi connectivity index (χ3v) is 6.34. The summed E-state index contributed by atoms with van der Waals surface area (Å²) in [4.78, 5) is 31.1. The lowest BCUT2D eigenvalue weighted by Gasteiger charge is -2.41. The first kappa shape index (κ1) is 22.4. The Morgan fingerprint density at radius 1 is 0.657 bits per heavy atom. The van der Waals surface area contributed by atoms with Crippen LogP contribution in [0.2, 0.25) is 0 Å². The molecule has 5 rings (SSSR count). The largest absolute Gasteiger partial charge is 0.497 e. The van der Waals surface area contributed by atoms with Crippen LogP contribution in [0.25, 0.3) is 0 Å². The Morgan fingerprint density at radius 3 is 1.91 bits per heavy atom. The molecule has 2 aliphatic heterocycles. The zero-order chi connectivity index (χ0) is 24.9. The molecule has 0 saturated heterocycles. The summed E-state index contributed by atoms with van der Waals surface area (Å²) in [5.41, 5.74) is 2.29. The van der Waals surface area contributed by atoms with Gasteiger partial charge in [0, 0.05) is 17.3 Å². The van der Waals surface area contributed by atoms with Crippen molar-refractivity contribution in [2.45, 2.75) is 6.17 Å². The van der Waals surface area contributed by atoms with Gasteiger partial charge in [0.25, 0.3) is 11.8 Å². The summed E-state index contributed by atoms with van der Waals surface area (Å²) in [6, 6.07) is 13.9. The molecule has 180 valence electrons. The van der Waals surface area contributed by atoms with E-state index in [1.807, 2.05) is 0 Å². The summed E-state index contributed by atoms with van der Waals surface area (Å²) in [5, 5.41) is 0. The van der Waals surface area contributed by atoms with Crippen LogP contribution >= 0.6 is 0 Å². The van der Waals surface area contributed by atoms with Gasteiger partial charge in [0.2, 0.25) is 0 Å². The number of hydrogen-bond acceptors (Lipinski definition) is 7. The van der Waals surface area contributed by atoms with Gasteiger partial charge in [0.1, 0.15) is 11.9 Å². The topological polar surface area (TPSA) is 86.8 Å². The third-order valence-electron chi connectivity index (χ3n) is 6.34. The Labute approximate surface area is 202 Å². The van der Waals surface area contributed by atoms with Gasteiger partial charge in [-0.1, -0.05) is 6.07 Å². The molecule has 1 atom stereocenters. The monoisotopic (exact) mass is 476 g/mol. The van der Waals surface area contributed by atoms with E-state index in [1.54, 1.807) is 65.4 Å². The summed E-state index contributed by atoms with van der Waals surface area (Å²) in [6.07, 6.45) is -0.746. The van der Waals surface area contributed by atoms with Crippen molar-refractivity contribution in [3.8, 4) is 28.7 Å². The van der Waals surface area contributed by atoms with Crippen molar-refractivity contribution in [2.24, 2.45) is 0 Å². The first-order valence-electron chi connectivity index (χ1n) is 10.8. The number of ether oxygens (including phenoxy) is 5. The predicted octanol–water partition coefficient (Wildman–Crippen LogP) is 4.05. The summed E-state index contributed by atoms with van der Waals surface area (Å²) in [7, 11) is 7.57. The van der Waals surface area contributed by atoms with Crippen molar-refractivity contribution in [1.82, 2.24) is 0 Å². The first-order valence-corrected chi connectivity index (χ1v) is 10.8. The van der Waals surface area contributed by atoms with Gasteiger partial charge < -0.3 is 23.7 Å². The number of rotatable bonds is 6. The zero-order valence-corrected chi connectivity index (χ0v) is 19.9. The van der Waals surface area contributed by atoms with Crippen LogP contribution in [-0.2, 0) is 0 Å². The number of carbonyl (C=O) groups is 2. The average Bonchev–Trinajstić information content (AvgIpc) is 3.19. The molecule has 2 heterocycles. The molecule has 0 aliphatic carbocycles. The second-order valence-electron chi connectivity index (χ2n) is 7.91. The smallest absolute Gasteiger partial charge is 0.264 e. The lowest BCUT2D eigenvalue weighted by molar-refractivity contribution is 0.0947. The minimum Gasteiger partial charge on any atom is -0.497 e. The van der Waals surface area contributed by atoms with Gasteiger partial charge in [-0.15, -0.1) is 0 Å². The summed E-state index contributed by atoms with van der Waals surface area (Å²) >= 11 is 0. The molecule has 0 fully saturated rings. The van der Waals surface area contributed by atoms with E-state index in [2.05, 4.69) is 0 Å². The van der Waals surface area contributed by atoms with E-state index < -0.39 is 6.17 Å². The molecule has 0 spiro atoms. The quantitative estimate of drug-likeness (QED) is 0.531. The summed E-state index contributed by atoms with van der Waals surface area (Å²) < 4.78 is 27.2. The first-order chi connectivity index (χ1) is 17.0. The molecule has 2 aliphatic rings. The number of carbonyl (C=O) groups excluding carboxylic acids is 2. The molecule has 3 aromatic rings. The number of fused-ring (bicyclic) bond motifs is 5. The number of anilines is 2. The zero-order valence-electron chi connectivity index (χ0n) is 19.9. The summed E-state index contributed by atoms with van der Waals surface area (Å²) in [5.74, 6) is 1.57. The number of amides is 2. The molecule has 0 saturated carbocycles. The fraction of sp³-hybridized carbons (Fsp3) is 0.231. The number of hydrogen-bond donors (Lipinski definition) is 0. The Morgan fingerprint density at radius 2 is 1.31 bits per heavy atom. The van der Waals surface area contributed by atoms with Crippen molar-refractivity contribution in [3.63, 3.8) is 0 Å². The van der Waals surface area contributed by atoms with Crippen molar-refractivity contribution < 1.29 is 33.3 Å². The van der Waals surface area contributed by atoms with Crippen molar-refractivity contribution in [3.05, 3.63) is 65.2 Å². The Kier molecular flexibility index (Phi) is 5.39. The highest BCUT2D eigenvalue weighted by Crippen LogP contribution is 2.52. The van der Waals surface area contributed by atoms with Gasteiger partial charge in [-0.05, 0) is 36.4 Å². The molecular weight excluding hydrogens is 452 g/mol. The normalized spacial score (nSPS) is 15.9. The second-order valence-corrected chi connectivity index (χ2v) is 7.91. The molecule has 3 aromatic carbocycles. The molecule has 0 N–H and O–H groups in total. The van der Waals surface area contributed by atoms with E-state index >= 15 is 0 Å². The number of nitrogens with zero attached hydrogens (tertiary/aromatic N) is 2. The van der Waals surface area contributed by atoms with Crippen LogP contribution in [0.3, 0.4) is 0 Å². The number of benzene rings is 3. The van der Waals surface area contributed by atoms with Crippen LogP contribution in [-0.4, -0.2) is 47.4 Å². The maximum Gasteiger partial charge on any atom is 0.264 e. The van der Waals surface area contributed by atoms with E-state index in [0.29, 0.717) is 56.8 Å². The SMILES string of the molecule is COc1ccc(N2C(=O)c3cc(OC)c(OC)cc3N3C(=O)c4c(ccc(OC)c4OC)C23)cc1. The number of methoxy groups -OCH3 is 5. The molecule has 0 aromatic heterocycles. The van der Waals surface area contributed by atoms with Crippen LogP contribution in [0.1, 0.15) is 32.4 Å². The van der Waals surface area contributed by atoms with E-state index in [9.17, 15) is 9.59 Å². The highest BCUT2D eigenvalue weighted by atomic mass is 16.5. The molecule has 9 nitrogen and oxygen atoms in total. The average molecular weight is 476 g/mol. The Balaban J connectivity index is 1.80. The molecule has 9 heteroatoms. The fourth-order valence-electron chi connectivity index (χ4n) is 4.73. The Hall–Kier alpha value is -4.40. The fourth-order valence-corrected chi connectivity index (χ4v) is 4.73. The van der Waals surface area contributed by atoms with Gasteiger partial charge in [0.15, 0.2) is 23.0 Å². The van der Waals surface area contributed by atoms with Crippen LogP contribution in [0.15, 0.2) is 48.5 Å². The van der Waals surface area contributed by atoms with Gasteiger partial charge in [-0.25, -0.2) is 0 Å². The second kappa shape index (κ2) is 8.43. The minimum atomic E-state index is -0.746. The van der Waals surface area contributed by atoms with Crippen LogP contribution in [0.4, 0.5) is 11.4 Å². The van der Waals surface area contributed by atoms with E-state index in [4.69, 9.17) is 23.7 Å². The molecule has 35 heavy (non-hydrogen) atoms. The van der Waals surface area contributed by atoms with Gasteiger partial charge >= 0.3 is 0 Å². The lowest BCUT2D eigenvalue weighted by atomic mass is 10.0. The van der Waals surface area contributed by atoms with E-state index in [-0.39, 0.29) is 11.8 Å². The van der Waals surface area contributed by atoms with Gasteiger partial charge in [-0.3, -0.25) is 19.4 Å². The highest BCUT2D eigenvalue weighted by Gasteiger charge is 2.50. The van der Waals surface area contributed by atoms with Gasteiger partial charge in [-0.2, -0.15) is 0 Å². The molecule has 1 unspecified atom stereocenters. The molecule has 2 amide bonds. The third kappa shape index (κ3) is 3.15. The van der Waals surface area contributed by atoms with Gasteiger partial charge in [0.05, 0.1) is 52.4 Å². The van der Waals surface area contributed by atoms with E-state index in [1.165, 1.54) is 28.4 Å². The standard InChI is InChI=1S/C26H24N2O7/c1-31-15-8-6-14(7-9-15)27-24-16-10-11-19(32-2)23(35-5)22(16)26(30)28(24)18-13-21(34-4)20(33-3)12-17(18)25(27)29/h6-13,24H,1-5H3. The van der Waals surface area contributed by atoms with Crippen molar-refractivity contribution >= 4 is 23.2 Å². The van der Waals surface area contributed by atoms with Crippen LogP contribution < -0.4 is 33.5 Å². The molecule has 0 bridgehead atoms. The molecule has 0 radical (unpaired) electrons. The molecular formula is C26H24N2O7. The van der Waals surface area contributed by atoms with Crippen molar-refractivity contribution in [1.29, 1.82) is 0 Å². The van der Waals surface area contributed by atoms with Crippen LogP contribution in [0, 0.1) is 0 Å². The van der Waals surface area contributed by atoms with E-state index in [0.717, 1.165) is 0 Å². The summed E-state index contributed by atoms with van der Waals surface area (Å²) in [6.45, 7) is 0. The van der Waals surface area contributed by atoms with Crippen molar-refractivity contribution in [2.75, 3.05) is 45.3 Å². The minimum absolute atomic E-state index is 0.289.